The third-order valence-corrected chi connectivity index (χ3v) is 4.29. The number of hydrogen-bond donors (Lipinski definition) is 0. The smallest absolute Gasteiger partial charge is 0.0295 e. The van der Waals surface area contributed by atoms with Crippen LogP contribution in [0, 0.1) is 23.2 Å². The molecule has 0 saturated heterocycles. The summed E-state index contributed by atoms with van der Waals surface area (Å²) >= 11 is 0. The molecule has 0 heteroatoms. The lowest BCUT2D eigenvalue weighted by atomic mass is 9.98. The van der Waals surface area contributed by atoms with Crippen LogP contribution in [0.15, 0.2) is 0 Å². The van der Waals surface area contributed by atoms with E-state index in [0.29, 0.717) is 5.41 Å². The zero-order valence-electron chi connectivity index (χ0n) is 9.35. The minimum Gasteiger partial charge on any atom is -0.0651 e. The van der Waals surface area contributed by atoms with Crippen molar-refractivity contribution in [2.24, 2.45) is 23.2 Å². The third-order valence-electron chi connectivity index (χ3n) is 4.29. The van der Waals surface area contributed by atoms with Gasteiger partial charge in [-0.15, -0.1) is 0 Å². The first-order valence-electron chi connectivity index (χ1n) is 5.50. The SMILES string of the molecule is CCC(C)CCC1C(C)C1(C)C. The molecule has 0 aromatic heterocycles. The van der Waals surface area contributed by atoms with Crippen molar-refractivity contribution in [3.8, 4) is 0 Å². The summed E-state index contributed by atoms with van der Waals surface area (Å²) < 4.78 is 0. The van der Waals surface area contributed by atoms with Crippen LogP contribution in [0.2, 0.25) is 0 Å². The van der Waals surface area contributed by atoms with Crippen LogP contribution >= 0.6 is 0 Å². The molecule has 0 radical (unpaired) electrons. The zero-order chi connectivity index (χ0) is 9.35. The lowest BCUT2D eigenvalue weighted by Gasteiger charge is -2.08. The fourth-order valence-corrected chi connectivity index (χ4v) is 2.31. The van der Waals surface area contributed by atoms with E-state index in [1.54, 1.807) is 0 Å². The topological polar surface area (TPSA) is 0 Å². The van der Waals surface area contributed by atoms with Crippen molar-refractivity contribution in [2.45, 2.75) is 53.9 Å². The second-order valence-electron chi connectivity index (χ2n) is 5.31. The Morgan fingerprint density at radius 2 is 1.83 bits per heavy atom. The lowest BCUT2D eigenvalue weighted by Crippen LogP contribution is -1.96. The van der Waals surface area contributed by atoms with Crippen LogP contribution < -0.4 is 0 Å². The van der Waals surface area contributed by atoms with Gasteiger partial charge < -0.3 is 0 Å². The number of hydrogen-bond acceptors (Lipinski definition) is 0. The van der Waals surface area contributed by atoms with Gasteiger partial charge in [0.05, 0.1) is 0 Å². The highest BCUT2D eigenvalue weighted by atomic mass is 14.6. The number of rotatable bonds is 4. The normalized spacial score (nSPS) is 34.8. The predicted octanol–water partition coefficient (Wildman–Crippen LogP) is 4.10. The van der Waals surface area contributed by atoms with Crippen LogP contribution in [0.5, 0.6) is 0 Å². The van der Waals surface area contributed by atoms with Gasteiger partial charge in [0.1, 0.15) is 0 Å². The van der Waals surface area contributed by atoms with E-state index in [4.69, 9.17) is 0 Å². The van der Waals surface area contributed by atoms with Gasteiger partial charge in [0.15, 0.2) is 0 Å². The Morgan fingerprint density at radius 3 is 2.17 bits per heavy atom. The van der Waals surface area contributed by atoms with E-state index < -0.39 is 0 Å². The molecule has 0 bridgehead atoms. The Kier molecular flexibility index (Phi) is 2.85. The monoisotopic (exact) mass is 168 g/mol. The first-order chi connectivity index (χ1) is 5.50. The van der Waals surface area contributed by atoms with E-state index >= 15 is 0 Å². The van der Waals surface area contributed by atoms with Gasteiger partial charge in [0, 0.05) is 0 Å². The lowest BCUT2D eigenvalue weighted by molar-refractivity contribution is 0.440. The Hall–Kier alpha value is 0. The maximum Gasteiger partial charge on any atom is -0.0295 e. The van der Waals surface area contributed by atoms with Gasteiger partial charge in [0.2, 0.25) is 0 Å². The average molecular weight is 168 g/mol. The van der Waals surface area contributed by atoms with Gasteiger partial charge in [-0.05, 0) is 29.6 Å². The molecule has 72 valence electrons. The minimum atomic E-state index is 0.660. The Morgan fingerprint density at radius 1 is 1.33 bits per heavy atom. The van der Waals surface area contributed by atoms with E-state index in [-0.39, 0.29) is 0 Å². The van der Waals surface area contributed by atoms with Crippen LogP contribution in [0.1, 0.15) is 53.9 Å². The second kappa shape index (κ2) is 3.40. The van der Waals surface area contributed by atoms with E-state index in [1.807, 2.05) is 0 Å². The summed E-state index contributed by atoms with van der Waals surface area (Å²) in [4.78, 5) is 0. The maximum atomic E-state index is 2.42. The molecule has 0 nitrogen and oxygen atoms in total. The summed E-state index contributed by atoms with van der Waals surface area (Å²) in [6.07, 6.45) is 4.25. The van der Waals surface area contributed by atoms with Crippen molar-refractivity contribution in [2.75, 3.05) is 0 Å². The summed E-state index contributed by atoms with van der Waals surface area (Å²) in [7, 11) is 0. The predicted molar refractivity (Wildman–Crippen MR) is 55.1 cm³/mol. The van der Waals surface area contributed by atoms with Crippen LogP contribution in [-0.4, -0.2) is 0 Å². The zero-order valence-corrected chi connectivity index (χ0v) is 9.35. The van der Waals surface area contributed by atoms with E-state index in [2.05, 4.69) is 34.6 Å². The van der Waals surface area contributed by atoms with Gasteiger partial charge in [-0.2, -0.15) is 0 Å². The fourth-order valence-electron chi connectivity index (χ4n) is 2.31. The highest BCUT2D eigenvalue weighted by Crippen LogP contribution is 2.60. The van der Waals surface area contributed by atoms with Crippen molar-refractivity contribution in [3.05, 3.63) is 0 Å². The van der Waals surface area contributed by atoms with Gasteiger partial charge in [-0.3, -0.25) is 0 Å². The largest absolute Gasteiger partial charge is 0.0651 e. The maximum absolute atomic E-state index is 2.42. The summed E-state index contributed by atoms with van der Waals surface area (Å²) in [5, 5.41) is 0. The molecule has 1 aliphatic rings. The van der Waals surface area contributed by atoms with Gasteiger partial charge in [-0.1, -0.05) is 47.5 Å². The summed E-state index contributed by atoms with van der Waals surface area (Å²) in [6, 6.07) is 0. The minimum absolute atomic E-state index is 0.660. The van der Waals surface area contributed by atoms with Crippen molar-refractivity contribution in [3.63, 3.8) is 0 Å². The molecular weight excluding hydrogens is 144 g/mol. The summed E-state index contributed by atoms with van der Waals surface area (Å²) in [5.41, 5.74) is 0.660. The molecule has 1 rings (SSSR count). The van der Waals surface area contributed by atoms with Crippen molar-refractivity contribution in [1.29, 1.82) is 0 Å². The van der Waals surface area contributed by atoms with Crippen molar-refractivity contribution < 1.29 is 0 Å². The molecule has 3 unspecified atom stereocenters. The quantitative estimate of drug-likeness (QED) is 0.592. The summed E-state index contributed by atoms with van der Waals surface area (Å²) in [6.45, 7) is 11.9. The van der Waals surface area contributed by atoms with Crippen molar-refractivity contribution >= 4 is 0 Å². The van der Waals surface area contributed by atoms with Gasteiger partial charge in [0.25, 0.3) is 0 Å². The third kappa shape index (κ3) is 1.84. The van der Waals surface area contributed by atoms with E-state index in [9.17, 15) is 0 Å². The standard InChI is InChI=1S/C12H24/c1-6-9(2)7-8-11-10(3)12(11,4)5/h9-11H,6-8H2,1-5H3. The second-order valence-corrected chi connectivity index (χ2v) is 5.31. The van der Waals surface area contributed by atoms with Crippen LogP contribution in [0.4, 0.5) is 0 Å². The molecule has 1 saturated carbocycles. The van der Waals surface area contributed by atoms with E-state index in [0.717, 1.165) is 17.8 Å². The molecule has 0 amide bonds. The molecule has 1 aliphatic carbocycles. The van der Waals surface area contributed by atoms with E-state index in [1.165, 1.54) is 19.3 Å². The Bertz CT molecular complexity index is 146. The first-order valence-corrected chi connectivity index (χ1v) is 5.50. The van der Waals surface area contributed by atoms with Gasteiger partial charge >= 0.3 is 0 Å². The molecule has 0 aromatic carbocycles. The van der Waals surface area contributed by atoms with Crippen LogP contribution in [-0.2, 0) is 0 Å². The Balaban J connectivity index is 2.19. The van der Waals surface area contributed by atoms with Crippen LogP contribution in [0.3, 0.4) is 0 Å². The molecule has 0 N–H and O–H groups in total. The molecular formula is C12H24. The molecule has 12 heavy (non-hydrogen) atoms. The molecule has 0 heterocycles. The molecule has 3 atom stereocenters. The first kappa shape index (κ1) is 10.1. The van der Waals surface area contributed by atoms with Gasteiger partial charge in [-0.25, -0.2) is 0 Å². The highest BCUT2D eigenvalue weighted by molar-refractivity contribution is 5.01. The summed E-state index contributed by atoms with van der Waals surface area (Å²) in [5.74, 6) is 2.93. The average Bonchev–Trinajstić information content (AvgIpc) is 2.48. The molecule has 1 fully saturated rings. The van der Waals surface area contributed by atoms with Crippen molar-refractivity contribution in [1.82, 2.24) is 0 Å². The Labute approximate surface area is 77.7 Å². The highest BCUT2D eigenvalue weighted by Gasteiger charge is 2.53. The van der Waals surface area contributed by atoms with Crippen LogP contribution in [0.25, 0.3) is 0 Å². The molecule has 0 aromatic rings. The molecule has 0 spiro atoms. The molecule has 0 aliphatic heterocycles. The fraction of sp³-hybridized carbons (Fsp3) is 1.00.